The lowest BCUT2D eigenvalue weighted by Crippen LogP contribution is -2.35. The first-order chi connectivity index (χ1) is 10.1. The maximum Gasteiger partial charge on any atom is 0.0107 e. The molecule has 2 fully saturated rings. The van der Waals surface area contributed by atoms with E-state index < -0.39 is 0 Å². The molecule has 0 bridgehead atoms. The largest absolute Gasteiger partial charge is 0.314 e. The van der Waals surface area contributed by atoms with Crippen LogP contribution in [0.25, 0.3) is 0 Å². The second-order valence-electron chi connectivity index (χ2n) is 8.05. The van der Waals surface area contributed by atoms with Crippen LogP contribution in [0.5, 0.6) is 0 Å². The van der Waals surface area contributed by atoms with Gasteiger partial charge in [-0.25, -0.2) is 0 Å². The van der Waals surface area contributed by atoms with Crippen LogP contribution in [0.4, 0.5) is 0 Å². The molecule has 0 radical (unpaired) electrons. The Morgan fingerprint density at radius 3 is 2.81 bits per heavy atom. The summed E-state index contributed by atoms with van der Waals surface area (Å²) in [5.74, 6) is 0.785. The van der Waals surface area contributed by atoms with Gasteiger partial charge in [-0.3, -0.25) is 0 Å². The number of nitrogens with one attached hydrogen (secondary N) is 1. The van der Waals surface area contributed by atoms with Crippen LogP contribution in [0.15, 0.2) is 24.3 Å². The molecule has 0 amide bonds. The normalized spacial score (nSPS) is 29.2. The fourth-order valence-electron chi connectivity index (χ4n) is 4.34. The van der Waals surface area contributed by atoms with Crippen molar-refractivity contribution in [3.63, 3.8) is 0 Å². The van der Waals surface area contributed by atoms with Gasteiger partial charge in [-0.2, -0.15) is 0 Å². The van der Waals surface area contributed by atoms with Crippen LogP contribution in [0, 0.1) is 5.41 Å². The van der Waals surface area contributed by atoms with Crippen molar-refractivity contribution in [1.29, 1.82) is 0 Å². The molecule has 1 N–H and O–H groups in total. The average molecular weight is 285 g/mol. The van der Waals surface area contributed by atoms with Gasteiger partial charge in [0, 0.05) is 6.04 Å². The Balaban J connectivity index is 1.67. The quantitative estimate of drug-likeness (QED) is 0.819. The minimum Gasteiger partial charge on any atom is -0.314 e. The van der Waals surface area contributed by atoms with E-state index in [9.17, 15) is 0 Å². The highest BCUT2D eigenvalue weighted by Crippen LogP contribution is 2.43. The molecule has 1 aliphatic carbocycles. The van der Waals surface area contributed by atoms with E-state index in [1.807, 2.05) is 0 Å². The Bertz CT molecular complexity index is 457. The third-order valence-corrected chi connectivity index (χ3v) is 5.52. The van der Waals surface area contributed by atoms with Gasteiger partial charge < -0.3 is 5.32 Å². The van der Waals surface area contributed by atoms with Gasteiger partial charge in [0.25, 0.3) is 0 Å². The molecule has 1 aromatic rings. The summed E-state index contributed by atoms with van der Waals surface area (Å²) in [5, 5.41) is 3.68. The molecule has 1 saturated carbocycles. The molecule has 1 nitrogen and oxygen atoms in total. The van der Waals surface area contributed by atoms with Crippen molar-refractivity contribution in [1.82, 2.24) is 5.32 Å². The zero-order chi connectivity index (χ0) is 14.7. The number of hydrogen-bond donors (Lipinski definition) is 1. The van der Waals surface area contributed by atoms with Gasteiger partial charge in [0.2, 0.25) is 0 Å². The van der Waals surface area contributed by atoms with E-state index in [1.54, 1.807) is 5.56 Å². The van der Waals surface area contributed by atoms with Gasteiger partial charge >= 0.3 is 0 Å². The van der Waals surface area contributed by atoms with Crippen molar-refractivity contribution in [2.45, 2.75) is 77.2 Å². The molecule has 116 valence electrons. The third-order valence-electron chi connectivity index (χ3n) is 5.52. The molecule has 3 rings (SSSR count). The van der Waals surface area contributed by atoms with Gasteiger partial charge in [-0.1, -0.05) is 51.0 Å². The number of hydrogen-bond acceptors (Lipinski definition) is 1. The van der Waals surface area contributed by atoms with E-state index in [1.165, 1.54) is 63.5 Å². The van der Waals surface area contributed by atoms with Gasteiger partial charge in [-0.15, -0.1) is 0 Å². The van der Waals surface area contributed by atoms with Crippen LogP contribution in [0.1, 0.15) is 75.8 Å². The summed E-state index contributed by atoms with van der Waals surface area (Å²) in [7, 11) is 0. The molecule has 1 aromatic carbocycles. The smallest absolute Gasteiger partial charge is 0.0107 e. The van der Waals surface area contributed by atoms with E-state index in [4.69, 9.17) is 0 Å². The minimum atomic E-state index is 0.532. The lowest BCUT2D eigenvalue weighted by atomic mass is 9.70. The Labute approximate surface area is 130 Å². The van der Waals surface area contributed by atoms with E-state index in [0.717, 1.165) is 5.92 Å². The first-order valence-electron chi connectivity index (χ1n) is 8.95. The van der Waals surface area contributed by atoms with Crippen LogP contribution < -0.4 is 5.32 Å². The Morgan fingerprint density at radius 2 is 2.05 bits per heavy atom. The Hall–Kier alpha value is -0.820. The van der Waals surface area contributed by atoms with Gasteiger partial charge in [0.1, 0.15) is 0 Å². The van der Waals surface area contributed by atoms with Crippen LogP contribution in [-0.4, -0.2) is 12.6 Å². The standard InChI is InChI=1S/C20H31N/c1-20(2)11-6-9-18(15-20)17-8-5-7-16(13-17)14-19-10-3-4-12-21-19/h5,7-8,13,18-19,21H,3-4,6,9-12,14-15H2,1-2H3. The molecular formula is C20H31N. The van der Waals surface area contributed by atoms with Crippen LogP contribution in [-0.2, 0) is 6.42 Å². The molecular weight excluding hydrogens is 254 g/mol. The fourth-order valence-corrected chi connectivity index (χ4v) is 4.34. The van der Waals surface area contributed by atoms with Crippen molar-refractivity contribution in [3.05, 3.63) is 35.4 Å². The van der Waals surface area contributed by atoms with E-state index in [-0.39, 0.29) is 0 Å². The first-order valence-corrected chi connectivity index (χ1v) is 8.95. The SMILES string of the molecule is CC1(C)CCCC(c2cccc(CC3CCCCN3)c2)C1. The second kappa shape index (κ2) is 6.52. The maximum atomic E-state index is 3.68. The molecule has 2 aliphatic rings. The summed E-state index contributed by atoms with van der Waals surface area (Å²) in [4.78, 5) is 0. The molecule has 0 spiro atoms. The lowest BCUT2D eigenvalue weighted by molar-refractivity contribution is 0.219. The summed E-state index contributed by atoms with van der Waals surface area (Å²) >= 11 is 0. The Morgan fingerprint density at radius 1 is 1.14 bits per heavy atom. The Kier molecular flexibility index (Phi) is 4.69. The van der Waals surface area contributed by atoms with Crippen molar-refractivity contribution in [3.8, 4) is 0 Å². The summed E-state index contributed by atoms with van der Waals surface area (Å²) in [5.41, 5.74) is 3.66. The van der Waals surface area contributed by atoms with E-state index in [0.29, 0.717) is 11.5 Å². The molecule has 2 atom stereocenters. The second-order valence-corrected chi connectivity index (χ2v) is 8.05. The molecule has 2 unspecified atom stereocenters. The predicted octanol–water partition coefficient (Wildman–Crippen LogP) is 5.06. The molecule has 21 heavy (non-hydrogen) atoms. The average Bonchev–Trinajstić information content (AvgIpc) is 2.47. The molecule has 1 aliphatic heterocycles. The summed E-state index contributed by atoms with van der Waals surface area (Å²) in [6, 6.07) is 10.2. The van der Waals surface area contributed by atoms with E-state index >= 15 is 0 Å². The summed E-state index contributed by atoms with van der Waals surface area (Å²) in [6.07, 6.45) is 10.8. The van der Waals surface area contributed by atoms with Crippen molar-refractivity contribution < 1.29 is 0 Å². The number of piperidine rings is 1. The zero-order valence-corrected chi connectivity index (χ0v) is 13.8. The number of rotatable bonds is 3. The van der Waals surface area contributed by atoms with Crippen LogP contribution >= 0.6 is 0 Å². The maximum absolute atomic E-state index is 3.68. The highest BCUT2D eigenvalue weighted by Gasteiger charge is 2.28. The summed E-state index contributed by atoms with van der Waals surface area (Å²) < 4.78 is 0. The minimum absolute atomic E-state index is 0.532. The van der Waals surface area contributed by atoms with Crippen molar-refractivity contribution in [2.75, 3.05) is 6.54 Å². The van der Waals surface area contributed by atoms with E-state index in [2.05, 4.69) is 43.4 Å². The monoisotopic (exact) mass is 285 g/mol. The topological polar surface area (TPSA) is 12.0 Å². The molecule has 0 aromatic heterocycles. The highest BCUT2D eigenvalue weighted by molar-refractivity contribution is 5.28. The van der Waals surface area contributed by atoms with Gasteiger partial charge in [-0.05, 0) is 67.5 Å². The highest BCUT2D eigenvalue weighted by atomic mass is 14.9. The molecule has 1 heteroatoms. The summed E-state index contributed by atoms with van der Waals surface area (Å²) in [6.45, 7) is 6.09. The fraction of sp³-hybridized carbons (Fsp3) is 0.700. The molecule has 1 saturated heterocycles. The zero-order valence-electron chi connectivity index (χ0n) is 13.8. The van der Waals surface area contributed by atoms with Crippen LogP contribution in [0.3, 0.4) is 0 Å². The van der Waals surface area contributed by atoms with Crippen molar-refractivity contribution in [2.24, 2.45) is 5.41 Å². The third kappa shape index (κ3) is 4.10. The first kappa shape index (κ1) is 15.1. The van der Waals surface area contributed by atoms with Crippen molar-refractivity contribution >= 4 is 0 Å². The lowest BCUT2D eigenvalue weighted by Gasteiger charge is -2.35. The van der Waals surface area contributed by atoms with Gasteiger partial charge in [0.05, 0.1) is 0 Å². The number of benzene rings is 1. The molecule has 1 heterocycles. The van der Waals surface area contributed by atoms with Gasteiger partial charge in [0.15, 0.2) is 0 Å². The predicted molar refractivity (Wildman–Crippen MR) is 90.8 cm³/mol. The van der Waals surface area contributed by atoms with Crippen LogP contribution in [0.2, 0.25) is 0 Å².